The van der Waals surface area contributed by atoms with E-state index in [4.69, 9.17) is 0 Å². The molecule has 2 N–H and O–H groups in total. The highest BCUT2D eigenvalue weighted by Crippen LogP contribution is 2.18. The van der Waals surface area contributed by atoms with Crippen molar-refractivity contribution in [2.24, 2.45) is 0 Å². The number of anilines is 1. The quantitative estimate of drug-likeness (QED) is 0.870. The molecule has 0 aliphatic heterocycles. The third-order valence-electron chi connectivity index (χ3n) is 4.18. The Kier molecular flexibility index (Phi) is 5.74. The van der Waals surface area contributed by atoms with Crippen molar-refractivity contribution in [3.05, 3.63) is 64.7 Å². The third-order valence-corrected chi connectivity index (χ3v) is 4.18. The molecule has 2 amide bonds. The maximum absolute atomic E-state index is 12.5. The summed E-state index contributed by atoms with van der Waals surface area (Å²) in [5.41, 5.74) is 3.76. The minimum atomic E-state index is -0.220. The average Bonchev–Trinajstić information content (AvgIpc) is 2.57. The smallest absolute Gasteiger partial charge is 0.255 e. The van der Waals surface area contributed by atoms with Gasteiger partial charge in [0.2, 0.25) is 0 Å². The van der Waals surface area contributed by atoms with Crippen molar-refractivity contribution in [3.8, 4) is 0 Å². The highest BCUT2D eigenvalue weighted by Gasteiger charge is 2.15. The summed E-state index contributed by atoms with van der Waals surface area (Å²) in [7, 11) is 0. The van der Waals surface area contributed by atoms with Gasteiger partial charge < -0.3 is 10.6 Å². The van der Waals surface area contributed by atoms with Crippen LogP contribution in [0.1, 0.15) is 52.1 Å². The van der Waals surface area contributed by atoms with Gasteiger partial charge in [-0.3, -0.25) is 9.59 Å². The molecule has 0 radical (unpaired) electrons. The number of benzene rings is 2. The van der Waals surface area contributed by atoms with Gasteiger partial charge in [-0.1, -0.05) is 25.1 Å². The molecule has 0 saturated carbocycles. The van der Waals surface area contributed by atoms with E-state index in [9.17, 15) is 9.59 Å². The predicted molar refractivity (Wildman–Crippen MR) is 97.5 cm³/mol. The van der Waals surface area contributed by atoms with Gasteiger partial charge in [0.05, 0.1) is 11.3 Å². The van der Waals surface area contributed by atoms with Crippen LogP contribution in [0.25, 0.3) is 0 Å². The Morgan fingerprint density at radius 1 is 1.00 bits per heavy atom. The fraction of sp³-hybridized carbons (Fsp3) is 0.300. The number of hydrogen-bond acceptors (Lipinski definition) is 2. The van der Waals surface area contributed by atoms with Crippen LogP contribution in [0, 0.1) is 13.8 Å². The van der Waals surface area contributed by atoms with Crippen LogP contribution >= 0.6 is 0 Å². The molecule has 0 bridgehead atoms. The normalized spacial score (nSPS) is 11.7. The van der Waals surface area contributed by atoms with Gasteiger partial charge in [0.25, 0.3) is 11.8 Å². The Morgan fingerprint density at radius 2 is 1.71 bits per heavy atom. The van der Waals surface area contributed by atoms with E-state index in [1.54, 1.807) is 30.3 Å². The zero-order valence-corrected chi connectivity index (χ0v) is 14.6. The standard InChI is InChI=1S/C20H24N2O2/c1-5-15(4)21-20(24)17-8-6-7-9-18(17)22-19(23)16-11-10-13(2)14(3)12-16/h6-12,15H,5H2,1-4H3,(H,21,24)(H,22,23). The van der Waals surface area contributed by atoms with Crippen molar-refractivity contribution >= 4 is 17.5 Å². The number of aryl methyl sites for hydroxylation is 2. The summed E-state index contributed by atoms with van der Waals surface area (Å²) in [5, 5.41) is 5.77. The van der Waals surface area contributed by atoms with E-state index in [0.29, 0.717) is 16.8 Å². The van der Waals surface area contributed by atoms with Gasteiger partial charge in [0.1, 0.15) is 0 Å². The largest absolute Gasteiger partial charge is 0.350 e. The first-order valence-corrected chi connectivity index (χ1v) is 8.21. The minimum absolute atomic E-state index is 0.0843. The van der Waals surface area contributed by atoms with Crippen molar-refractivity contribution in [1.82, 2.24) is 5.32 Å². The van der Waals surface area contributed by atoms with Crippen LogP contribution in [0.4, 0.5) is 5.69 Å². The molecular formula is C20H24N2O2. The summed E-state index contributed by atoms with van der Waals surface area (Å²) in [6.07, 6.45) is 0.850. The fourth-order valence-corrected chi connectivity index (χ4v) is 2.27. The Morgan fingerprint density at radius 3 is 2.38 bits per heavy atom. The molecule has 0 aromatic heterocycles. The lowest BCUT2D eigenvalue weighted by Gasteiger charge is -2.15. The molecule has 4 nitrogen and oxygen atoms in total. The highest BCUT2D eigenvalue weighted by molar-refractivity contribution is 6.09. The second-order valence-electron chi connectivity index (χ2n) is 6.08. The molecule has 0 heterocycles. The monoisotopic (exact) mass is 324 g/mol. The number of nitrogens with one attached hydrogen (secondary N) is 2. The van der Waals surface area contributed by atoms with Crippen molar-refractivity contribution in [2.75, 3.05) is 5.32 Å². The van der Waals surface area contributed by atoms with Crippen molar-refractivity contribution in [1.29, 1.82) is 0 Å². The Balaban J connectivity index is 2.22. The molecule has 0 fully saturated rings. The topological polar surface area (TPSA) is 58.2 Å². The van der Waals surface area contributed by atoms with Gasteiger partial charge in [-0.15, -0.1) is 0 Å². The highest BCUT2D eigenvalue weighted by atomic mass is 16.2. The number of carbonyl (C=O) groups excluding carboxylic acids is 2. The van der Waals surface area contributed by atoms with Gasteiger partial charge >= 0.3 is 0 Å². The number of amides is 2. The summed E-state index contributed by atoms with van der Waals surface area (Å²) in [5.74, 6) is -0.401. The van der Waals surface area contributed by atoms with Gasteiger partial charge in [-0.05, 0) is 62.6 Å². The Bertz CT molecular complexity index is 753. The van der Waals surface area contributed by atoms with E-state index in [1.807, 2.05) is 39.8 Å². The van der Waals surface area contributed by atoms with Gasteiger partial charge in [-0.25, -0.2) is 0 Å². The zero-order valence-electron chi connectivity index (χ0n) is 14.6. The Hall–Kier alpha value is -2.62. The number of carbonyl (C=O) groups is 2. The molecule has 2 aromatic rings. The molecule has 4 heteroatoms. The molecule has 2 rings (SSSR count). The zero-order chi connectivity index (χ0) is 17.7. The molecule has 126 valence electrons. The van der Waals surface area contributed by atoms with Gasteiger partial charge in [0, 0.05) is 11.6 Å². The molecule has 0 aliphatic rings. The third kappa shape index (κ3) is 4.22. The van der Waals surface area contributed by atoms with Gasteiger partial charge in [-0.2, -0.15) is 0 Å². The van der Waals surface area contributed by atoms with Crippen LogP contribution in [-0.4, -0.2) is 17.9 Å². The summed E-state index contributed by atoms with van der Waals surface area (Å²) in [6.45, 7) is 7.94. The number of para-hydroxylation sites is 1. The number of rotatable bonds is 5. The maximum atomic E-state index is 12.5. The van der Waals surface area contributed by atoms with E-state index in [-0.39, 0.29) is 17.9 Å². The fourth-order valence-electron chi connectivity index (χ4n) is 2.27. The first kappa shape index (κ1) is 17.7. The van der Waals surface area contributed by atoms with Crippen molar-refractivity contribution in [3.63, 3.8) is 0 Å². The molecule has 2 aromatic carbocycles. The van der Waals surface area contributed by atoms with E-state index in [0.717, 1.165) is 17.5 Å². The lowest BCUT2D eigenvalue weighted by atomic mass is 10.1. The van der Waals surface area contributed by atoms with Crippen LogP contribution in [0.15, 0.2) is 42.5 Å². The summed E-state index contributed by atoms with van der Waals surface area (Å²) in [6, 6.07) is 12.7. The van der Waals surface area contributed by atoms with Crippen LogP contribution in [-0.2, 0) is 0 Å². The maximum Gasteiger partial charge on any atom is 0.255 e. The average molecular weight is 324 g/mol. The molecule has 0 saturated heterocycles. The number of hydrogen-bond donors (Lipinski definition) is 2. The minimum Gasteiger partial charge on any atom is -0.350 e. The molecule has 1 unspecified atom stereocenters. The van der Waals surface area contributed by atoms with E-state index in [1.165, 1.54) is 0 Å². The molecule has 0 spiro atoms. The second-order valence-corrected chi connectivity index (χ2v) is 6.08. The summed E-state index contributed by atoms with van der Waals surface area (Å²) < 4.78 is 0. The lowest BCUT2D eigenvalue weighted by molar-refractivity contribution is 0.0940. The SMILES string of the molecule is CCC(C)NC(=O)c1ccccc1NC(=O)c1ccc(C)c(C)c1. The predicted octanol–water partition coefficient (Wildman–Crippen LogP) is 4.08. The lowest BCUT2D eigenvalue weighted by Crippen LogP contribution is -2.32. The first-order chi connectivity index (χ1) is 11.4. The van der Waals surface area contributed by atoms with Crippen LogP contribution in [0.3, 0.4) is 0 Å². The van der Waals surface area contributed by atoms with Crippen LogP contribution in [0.5, 0.6) is 0 Å². The first-order valence-electron chi connectivity index (χ1n) is 8.21. The van der Waals surface area contributed by atoms with Crippen LogP contribution in [0.2, 0.25) is 0 Å². The van der Waals surface area contributed by atoms with E-state index in [2.05, 4.69) is 10.6 Å². The van der Waals surface area contributed by atoms with E-state index >= 15 is 0 Å². The molecule has 24 heavy (non-hydrogen) atoms. The van der Waals surface area contributed by atoms with Crippen molar-refractivity contribution < 1.29 is 9.59 Å². The Labute approximate surface area is 143 Å². The molecule has 1 atom stereocenters. The molecule has 0 aliphatic carbocycles. The van der Waals surface area contributed by atoms with Crippen molar-refractivity contribution in [2.45, 2.75) is 40.2 Å². The molecular weight excluding hydrogens is 300 g/mol. The van der Waals surface area contributed by atoms with Gasteiger partial charge in [0.15, 0.2) is 0 Å². The van der Waals surface area contributed by atoms with E-state index < -0.39 is 0 Å². The summed E-state index contributed by atoms with van der Waals surface area (Å²) >= 11 is 0. The second kappa shape index (κ2) is 7.77. The van der Waals surface area contributed by atoms with Crippen LogP contribution < -0.4 is 10.6 Å². The summed E-state index contributed by atoms with van der Waals surface area (Å²) in [4.78, 5) is 24.9.